The fourth-order valence-corrected chi connectivity index (χ4v) is 2.91. The van der Waals surface area contributed by atoms with Gasteiger partial charge in [0.05, 0.1) is 12.6 Å². The monoisotopic (exact) mass is 239 g/mol. The number of carbonyl (C=O) groups is 2. The molecule has 0 aromatic heterocycles. The van der Waals surface area contributed by atoms with Crippen LogP contribution < -0.4 is 10.6 Å². The molecule has 1 saturated heterocycles. The number of hydrogen-bond donors (Lipinski definition) is 2. The number of nitrogens with zero attached hydrogens (tertiary/aromatic N) is 1. The summed E-state index contributed by atoms with van der Waals surface area (Å²) >= 11 is 0. The summed E-state index contributed by atoms with van der Waals surface area (Å²) in [5, 5.41) is 6.00. The second-order valence-corrected chi connectivity index (χ2v) is 5.25. The normalized spacial score (nSPS) is 31.1. The molecule has 1 aliphatic heterocycles. The Kier molecular flexibility index (Phi) is 3.66. The van der Waals surface area contributed by atoms with Crippen molar-refractivity contribution in [3.63, 3.8) is 0 Å². The first-order chi connectivity index (χ1) is 8.09. The number of carbonyl (C=O) groups excluding carboxylic acids is 2. The van der Waals surface area contributed by atoms with Crippen molar-refractivity contribution in [2.45, 2.75) is 25.3 Å². The van der Waals surface area contributed by atoms with E-state index in [-0.39, 0.29) is 24.4 Å². The maximum Gasteiger partial charge on any atom is 0.241 e. The summed E-state index contributed by atoms with van der Waals surface area (Å²) in [5.41, 5.74) is 0. The van der Waals surface area contributed by atoms with Crippen molar-refractivity contribution in [1.82, 2.24) is 15.5 Å². The van der Waals surface area contributed by atoms with E-state index in [1.54, 1.807) is 14.1 Å². The van der Waals surface area contributed by atoms with Crippen LogP contribution in [-0.4, -0.2) is 49.9 Å². The third kappa shape index (κ3) is 2.60. The first kappa shape index (κ1) is 12.4. The van der Waals surface area contributed by atoms with Gasteiger partial charge in [0.2, 0.25) is 11.8 Å². The summed E-state index contributed by atoms with van der Waals surface area (Å²) < 4.78 is 0. The maximum absolute atomic E-state index is 12.0. The highest BCUT2D eigenvalue weighted by atomic mass is 16.2. The van der Waals surface area contributed by atoms with Crippen molar-refractivity contribution in [3.8, 4) is 0 Å². The van der Waals surface area contributed by atoms with Gasteiger partial charge in [0.25, 0.3) is 0 Å². The first-order valence-corrected chi connectivity index (χ1v) is 6.31. The number of rotatable bonds is 3. The van der Waals surface area contributed by atoms with Crippen LogP contribution in [0.15, 0.2) is 0 Å². The van der Waals surface area contributed by atoms with Crippen LogP contribution >= 0.6 is 0 Å². The van der Waals surface area contributed by atoms with E-state index >= 15 is 0 Å². The molecule has 17 heavy (non-hydrogen) atoms. The Balaban J connectivity index is 1.82. The average Bonchev–Trinajstić information content (AvgIpc) is 2.86. The lowest BCUT2D eigenvalue weighted by Crippen LogP contribution is -2.46. The van der Waals surface area contributed by atoms with Crippen LogP contribution in [0.3, 0.4) is 0 Å². The van der Waals surface area contributed by atoms with Crippen molar-refractivity contribution in [2.24, 2.45) is 11.8 Å². The fraction of sp³-hybridized carbons (Fsp3) is 0.833. The molecule has 2 fully saturated rings. The van der Waals surface area contributed by atoms with Crippen molar-refractivity contribution < 1.29 is 9.59 Å². The van der Waals surface area contributed by atoms with Gasteiger partial charge in [0.15, 0.2) is 0 Å². The second-order valence-electron chi connectivity index (χ2n) is 5.25. The molecule has 0 radical (unpaired) electrons. The molecule has 2 aliphatic rings. The summed E-state index contributed by atoms with van der Waals surface area (Å²) in [6.45, 7) is 1.05. The second kappa shape index (κ2) is 5.04. The lowest BCUT2D eigenvalue weighted by atomic mass is 9.94. The Hall–Kier alpha value is -1.10. The summed E-state index contributed by atoms with van der Waals surface area (Å²) in [5.74, 6) is 1.05. The van der Waals surface area contributed by atoms with Crippen LogP contribution in [0.5, 0.6) is 0 Å². The highest BCUT2D eigenvalue weighted by Gasteiger charge is 2.42. The molecule has 1 heterocycles. The molecule has 2 amide bonds. The Morgan fingerprint density at radius 2 is 2.12 bits per heavy atom. The van der Waals surface area contributed by atoms with Crippen molar-refractivity contribution in [1.29, 1.82) is 0 Å². The van der Waals surface area contributed by atoms with E-state index in [1.165, 1.54) is 17.7 Å². The maximum atomic E-state index is 12.0. The molecule has 3 atom stereocenters. The van der Waals surface area contributed by atoms with E-state index in [0.29, 0.717) is 11.8 Å². The van der Waals surface area contributed by atoms with Gasteiger partial charge in [-0.15, -0.1) is 0 Å². The molecule has 5 nitrogen and oxygen atoms in total. The lowest BCUT2D eigenvalue weighted by Gasteiger charge is -2.18. The quantitative estimate of drug-likeness (QED) is 0.703. The van der Waals surface area contributed by atoms with E-state index < -0.39 is 0 Å². The zero-order valence-corrected chi connectivity index (χ0v) is 10.5. The van der Waals surface area contributed by atoms with Gasteiger partial charge < -0.3 is 15.5 Å². The number of likely N-dealkylation sites (N-methyl/N-ethyl adjacent to an activating group) is 1. The number of amides is 2. The lowest BCUT2D eigenvalue weighted by molar-refractivity contribution is -0.131. The first-order valence-electron chi connectivity index (χ1n) is 6.31. The minimum Gasteiger partial charge on any atom is -0.347 e. The fourth-order valence-electron chi connectivity index (χ4n) is 2.91. The Morgan fingerprint density at radius 3 is 2.82 bits per heavy atom. The SMILES string of the molecule is CN(C)C(=O)CNC(=O)C1NCC2CCCC21. The van der Waals surface area contributed by atoms with Crippen molar-refractivity contribution in [2.75, 3.05) is 27.2 Å². The van der Waals surface area contributed by atoms with Gasteiger partial charge in [-0.05, 0) is 31.2 Å². The third-order valence-electron chi connectivity index (χ3n) is 3.94. The molecule has 3 unspecified atom stereocenters. The standard InChI is InChI=1S/C12H21N3O2/c1-15(2)10(16)7-14-12(17)11-9-5-3-4-8(9)6-13-11/h8-9,11,13H,3-7H2,1-2H3,(H,14,17). The van der Waals surface area contributed by atoms with Crippen LogP contribution in [0.25, 0.3) is 0 Å². The Labute approximate surface area is 102 Å². The molecule has 1 saturated carbocycles. The van der Waals surface area contributed by atoms with Crippen LogP contribution in [-0.2, 0) is 9.59 Å². The van der Waals surface area contributed by atoms with Crippen LogP contribution in [0.2, 0.25) is 0 Å². The van der Waals surface area contributed by atoms with Crippen LogP contribution in [0.1, 0.15) is 19.3 Å². The topological polar surface area (TPSA) is 61.4 Å². The average molecular weight is 239 g/mol. The van der Waals surface area contributed by atoms with Gasteiger partial charge in [-0.2, -0.15) is 0 Å². The highest BCUT2D eigenvalue weighted by Crippen LogP contribution is 2.37. The summed E-state index contributed by atoms with van der Waals surface area (Å²) in [7, 11) is 3.38. The number of nitrogens with one attached hydrogen (secondary N) is 2. The van der Waals surface area contributed by atoms with E-state index in [9.17, 15) is 9.59 Å². The Morgan fingerprint density at radius 1 is 1.35 bits per heavy atom. The highest BCUT2D eigenvalue weighted by molar-refractivity contribution is 5.87. The minimum absolute atomic E-state index is 0.0189. The Bertz CT molecular complexity index is 317. The molecule has 0 aromatic carbocycles. The van der Waals surface area contributed by atoms with E-state index in [0.717, 1.165) is 13.0 Å². The molecular weight excluding hydrogens is 218 g/mol. The zero-order valence-electron chi connectivity index (χ0n) is 10.5. The van der Waals surface area contributed by atoms with E-state index in [4.69, 9.17) is 0 Å². The van der Waals surface area contributed by atoms with Gasteiger partial charge in [-0.25, -0.2) is 0 Å². The molecule has 1 aliphatic carbocycles. The summed E-state index contributed by atoms with van der Waals surface area (Å²) in [6.07, 6.45) is 3.60. The third-order valence-corrected chi connectivity index (χ3v) is 3.94. The van der Waals surface area contributed by atoms with Crippen molar-refractivity contribution >= 4 is 11.8 Å². The molecular formula is C12H21N3O2. The van der Waals surface area contributed by atoms with Gasteiger partial charge in [-0.1, -0.05) is 6.42 Å². The summed E-state index contributed by atoms with van der Waals surface area (Å²) in [6, 6.07) is -0.0857. The minimum atomic E-state index is -0.0857. The van der Waals surface area contributed by atoms with Crippen LogP contribution in [0, 0.1) is 11.8 Å². The smallest absolute Gasteiger partial charge is 0.241 e. The molecule has 0 spiro atoms. The molecule has 0 bridgehead atoms. The summed E-state index contributed by atoms with van der Waals surface area (Å²) in [4.78, 5) is 24.8. The zero-order chi connectivity index (χ0) is 12.4. The molecule has 2 rings (SSSR count). The van der Waals surface area contributed by atoms with Gasteiger partial charge in [0, 0.05) is 14.1 Å². The number of fused-ring (bicyclic) bond motifs is 1. The van der Waals surface area contributed by atoms with Gasteiger partial charge in [0.1, 0.15) is 0 Å². The predicted octanol–water partition coefficient (Wildman–Crippen LogP) is -0.421. The molecule has 5 heteroatoms. The van der Waals surface area contributed by atoms with Crippen molar-refractivity contribution in [3.05, 3.63) is 0 Å². The van der Waals surface area contributed by atoms with E-state index in [1.807, 2.05) is 0 Å². The largest absolute Gasteiger partial charge is 0.347 e. The predicted molar refractivity (Wildman–Crippen MR) is 64.3 cm³/mol. The molecule has 2 N–H and O–H groups in total. The van der Waals surface area contributed by atoms with Gasteiger partial charge >= 0.3 is 0 Å². The molecule has 0 aromatic rings. The van der Waals surface area contributed by atoms with Crippen LogP contribution in [0.4, 0.5) is 0 Å². The van der Waals surface area contributed by atoms with E-state index in [2.05, 4.69) is 10.6 Å². The molecule has 96 valence electrons. The van der Waals surface area contributed by atoms with Gasteiger partial charge in [-0.3, -0.25) is 9.59 Å². The number of hydrogen-bond acceptors (Lipinski definition) is 3.